The fourth-order valence-electron chi connectivity index (χ4n) is 1.36. The van der Waals surface area contributed by atoms with E-state index in [1.54, 1.807) is 0 Å². The standard InChI is InChI=1S/C7H15FN2O/c8-7(4-9,5-10)6-1-2-11-3-6/h6H,1-5,9-10H2. The van der Waals surface area contributed by atoms with Crippen LogP contribution in [0.15, 0.2) is 0 Å². The van der Waals surface area contributed by atoms with Crippen molar-refractivity contribution in [2.75, 3.05) is 26.3 Å². The molecule has 0 aliphatic carbocycles. The van der Waals surface area contributed by atoms with Crippen LogP contribution in [0.1, 0.15) is 6.42 Å². The first-order valence-electron chi connectivity index (χ1n) is 3.90. The largest absolute Gasteiger partial charge is 0.381 e. The van der Waals surface area contributed by atoms with E-state index < -0.39 is 5.67 Å². The number of hydrogen-bond acceptors (Lipinski definition) is 3. The Balaban J connectivity index is 2.52. The Hall–Kier alpha value is -0.190. The number of halogens is 1. The molecule has 1 atom stereocenters. The Morgan fingerprint density at radius 1 is 1.45 bits per heavy atom. The monoisotopic (exact) mass is 162 g/mol. The van der Waals surface area contributed by atoms with E-state index in [4.69, 9.17) is 16.2 Å². The van der Waals surface area contributed by atoms with Crippen molar-refractivity contribution in [3.05, 3.63) is 0 Å². The summed E-state index contributed by atoms with van der Waals surface area (Å²) in [5.74, 6) is -0.0995. The van der Waals surface area contributed by atoms with E-state index in [0.29, 0.717) is 13.2 Å². The van der Waals surface area contributed by atoms with Gasteiger partial charge in [0.2, 0.25) is 0 Å². The normalized spacial score (nSPS) is 25.9. The number of nitrogens with two attached hydrogens (primary N) is 2. The molecule has 1 heterocycles. The van der Waals surface area contributed by atoms with Crippen molar-refractivity contribution in [1.82, 2.24) is 0 Å². The molecule has 66 valence electrons. The van der Waals surface area contributed by atoms with Gasteiger partial charge in [0.25, 0.3) is 0 Å². The highest BCUT2D eigenvalue weighted by atomic mass is 19.1. The molecule has 1 saturated heterocycles. The van der Waals surface area contributed by atoms with Crippen molar-refractivity contribution in [1.29, 1.82) is 0 Å². The fourth-order valence-corrected chi connectivity index (χ4v) is 1.36. The van der Waals surface area contributed by atoms with E-state index in [2.05, 4.69) is 0 Å². The summed E-state index contributed by atoms with van der Waals surface area (Å²) in [7, 11) is 0. The Labute approximate surface area is 65.9 Å². The van der Waals surface area contributed by atoms with Crippen LogP contribution in [-0.2, 0) is 4.74 Å². The third-order valence-corrected chi connectivity index (χ3v) is 2.34. The molecule has 1 unspecified atom stereocenters. The molecule has 0 amide bonds. The predicted octanol–water partition coefficient (Wildman–Crippen LogP) is -0.351. The lowest BCUT2D eigenvalue weighted by atomic mass is 9.89. The van der Waals surface area contributed by atoms with Gasteiger partial charge in [0, 0.05) is 25.6 Å². The van der Waals surface area contributed by atoms with Crippen LogP contribution in [-0.4, -0.2) is 32.0 Å². The minimum Gasteiger partial charge on any atom is -0.381 e. The van der Waals surface area contributed by atoms with Crippen molar-refractivity contribution in [3.8, 4) is 0 Å². The molecule has 4 N–H and O–H groups in total. The van der Waals surface area contributed by atoms with Gasteiger partial charge in [0.1, 0.15) is 5.67 Å². The highest BCUT2D eigenvalue weighted by Gasteiger charge is 2.38. The highest BCUT2D eigenvalue weighted by molar-refractivity contribution is 4.90. The first-order valence-corrected chi connectivity index (χ1v) is 3.90. The van der Waals surface area contributed by atoms with Gasteiger partial charge < -0.3 is 16.2 Å². The zero-order chi connectivity index (χ0) is 8.32. The van der Waals surface area contributed by atoms with Gasteiger partial charge in [0.15, 0.2) is 0 Å². The minimum absolute atomic E-state index is 0.00245. The molecule has 0 bridgehead atoms. The molecule has 0 aromatic rings. The molecule has 0 aromatic carbocycles. The molecular formula is C7H15FN2O. The summed E-state index contributed by atoms with van der Waals surface area (Å²) in [5.41, 5.74) is 9.17. The smallest absolute Gasteiger partial charge is 0.140 e. The van der Waals surface area contributed by atoms with Crippen molar-refractivity contribution in [2.24, 2.45) is 17.4 Å². The van der Waals surface area contributed by atoms with E-state index in [-0.39, 0.29) is 19.0 Å². The lowest BCUT2D eigenvalue weighted by Gasteiger charge is -2.27. The van der Waals surface area contributed by atoms with Gasteiger partial charge in [-0.25, -0.2) is 4.39 Å². The lowest BCUT2D eigenvalue weighted by Crippen LogP contribution is -2.47. The second kappa shape index (κ2) is 3.47. The van der Waals surface area contributed by atoms with Crippen molar-refractivity contribution in [2.45, 2.75) is 12.1 Å². The van der Waals surface area contributed by atoms with E-state index in [9.17, 15) is 4.39 Å². The third-order valence-electron chi connectivity index (χ3n) is 2.34. The topological polar surface area (TPSA) is 61.3 Å². The van der Waals surface area contributed by atoms with E-state index in [1.807, 2.05) is 0 Å². The summed E-state index contributed by atoms with van der Waals surface area (Å²) in [6, 6.07) is 0. The van der Waals surface area contributed by atoms with Crippen molar-refractivity contribution < 1.29 is 9.13 Å². The Bertz CT molecular complexity index is 122. The number of ether oxygens (including phenoxy) is 1. The van der Waals surface area contributed by atoms with Gasteiger partial charge in [-0.2, -0.15) is 0 Å². The summed E-state index contributed by atoms with van der Waals surface area (Å²) in [6.07, 6.45) is 0.741. The summed E-state index contributed by atoms with van der Waals surface area (Å²) in [5, 5.41) is 0. The van der Waals surface area contributed by atoms with E-state index >= 15 is 0 Å². The van der Waals surface area contributed by atoms with Gasteiger partial charge in [-0.1, -0.05) is 0 Å². The van der Waals surface area contributed by atoms with Crippen molar-refractivity contribution >= 4 is 0 Å². The average molecular weight is 162 g/mol. The first kappa shape index (κ1) is 8.90. The SMILES string of the molecule is NCC(F)(CN)C1CCOC1. The molecule has 0 saturated carbocycles. The molecule has 4 heteroatoms. The highest BCUT2D eigenvalue weighted by Crippen LogP contribution is 2.27. The molecule has 3 nitrogen and oxygen atoms in total. The van der Waals surface area contributed by atoms with Crippen LogP contribution >= 0.6 is 0 Å². The third kappa shape index (κ3) is 1.69. The number of alkyl halides is 1. The molecule has 1 aliphatic heterocycles. The quantitative estimate of drug-likeness (QED) is 0.596. The second-order valence-electron chi connectivity index (χ2n) is 3.00. The fraction of sp³-hybridized carbons (Fsp3) is 1.00. The first-order chi connectivity index (χ1) is 5.23. The van der Waals surface area contributed by atoms with Gasteiger partial charge >= 0.3 is 0 Å². The molecule has 1 aliphatic rings. The zero-order valence-electron chi connectivity index (χ0n) is 6.55. The maximum absolute atomic E-state index is 13.6. The molecular weight excluding hydrogens is 147 g/mol. The molecule has 0 spiro atoms. The number of rotatable bonds is 3. The molecule has 0 aromatic heterocycles. The zero-order valence-corrected chi connectivity index (χ0v) is 6.55. The van der Waals surface area contributed by atoms with Crippen LogP contribution < -0.4 is 11.5 Å². The number of hydrogen-bond donors (Lipinski definition) is 2. The predicted molar refractivity (Wildman–Crippen MR) is 40.9 cm³/mol. The van der Waals surface area contributed by atoms with Crippen LogP contribution in [0.5, 0.6) is 0 Å². The summed E-state index contributed by atoms with van der Waals surface area (Å²) < 4.78 is 18.7. The Morgan fingerprint density at radius 3 is 2.45 bits per heavy atom. The molecule has 0 radical (unpaired) electrons. The Morgan fingerprint density at radius 2 is 2.09 bits per heavy atom. The molecule has 1 rings (SSSR count). The van der Waals surface area contributed by atoms with Crippen LogP contribution in [0.2, 0.25) is 0 Å². The van der Waals surface area contributed by atoms with E-state index in [0.717, 1.165) is 6.42 Å². The molecule has 1 fully saturated rings. The average Bonchev–Trinajstić information content (AvgIpc) is 2.55. The maximum atomic E-state index is 13.6. The van der Waals surface area contributed by atoms with Crippen molar-refractivity contribution in [3.63, 3.8) is 0 Å². The van der Waals surface area contributed by atoms with E-state index in [1.165, 1.54) is 0 Å². The Kier molecular flexibility index (Phi) is 2.81. The lowest BCUT2D eigenvalue weighted by molar-refractivity contribution is 0.0821. The van der Waals surface area contributed by atoms with Gasteiger partial charge in [-0.15, -0.1) is 0 Å². The molecule has 11 heavy (non-hydrogen) atoms. The maximum Gasteiger partial charge on any atom is 0.140 e. The summed E-state index contributed by atoms with van der Waals surface area (Å²) >= 11 is 0. The van der Waals surface area contributed by atoms with Crippen LogP contribution in [0.4, 0.5) is 4.39 Å². The summed E-state index contributed by atoms with van der Waals surface area (Å²) in [4.78, 5) is 0. The van der Waals surface area contributed by atoms with Gasteiger partial charge in [-0.3, -0.25) is 0 Å². The van der Waals surface area contributed by atoms with Crippen LogP contribution in [0.3, 0.4) is 0 Å². The van der Waals surface area contributed by atoms with Crippen LogP contribution in [0.25, 0.3) is 0 Å². The second-order valence-corrected chi connectivity index (χ2v) is 3.00. The summed E-state index contributed by atoms with van der Waals surface area (Å²) in [6.45, 7) is 1.09. The van der Waals surface area contributed by atoms with Gasteiger partial charge in [0.05, 0.1) is 6.61 Å². The minimum atomic E-state index is -1.41. The van der Waals surface area contributed by atoms with Crippen LogP contribution in [0, 0.1) is 5.92 Å². The van der Waals surface area contributed by atoms with Gasteiger partial charge in [-0.05, 0) is 6.42 Å².